The molecule has 192 valence electrons. The van der Waals surface area contributed by atoms with Gasteiger partial charge in [-0.3, -0.25) is 14.4 Å². The highest BCUT2D eigenvalue weighted by Crippen LogP contribution is 2.35. The van der Waals surface area contributed by atoms with E-state index in [0.717, 1.165) is 11.8 Å². The second-order valence-electron chi connectivity index (χ2n) is 9.12. The van der Waals surface area contributed by atoms with Crippen molar-refractivity contribution in [1.29, 1.82) is 0 Å². The van der Waals surface area contributed by atoms with Crippen LogP contribution in [0.15, 0.2) is 36.4 Å². The minimum Gasteiger partial charge on any atom is -0.486 e. The topological polar surface area (TPSA) is 99.2 Å². The van der Waals surface area contributed by atoms with Crippen LogP contribution in [0.2, 0.25) is 10.0 Å². The average Bonchev–Trinajstić information content (AvgIpc) is 2.77. The summed E-state index contributed by atoms with van der Waals surface area (Å²) in [6, 6.07) is 9.82. The summed E-state index contributed by atoms with van der Waals surface area (Å²) in [4.78, 5) is 17.1. The van der Waals surface area contributed by atoms with Gasteiger partial charge in [-0.15, -0.1) is 0 Å². The van der Waals surface area contributed by atoms with Crippen molar-refractivity contribution in [1.82, 2.24) is 9.80 Å². The molecule has 0 bridgehead atoms. The standard InChI is InChI=1S/C24H31Cl2N3O5S/c1-15-11-29(16(2)14-30)24(31)18-6-5-7-21(27-35(4,32)33)23(18)34-22(15)13-28(3)12-17-8-9-19(25)20(26)10-17/h5-10,15-16,22,27,30H,11-14H2,1-4H3/t15-,16+,22-/m0/s1. The number of carbonyl (C=O) groups is 1. The number of hydrogen-bond acceptors (Lipinski definition) is 6. The van der Waals surface area contributed by atoms with Crippen LogP contribution in [0.5, 0.6) is 5.75 Å². The summed E-state index contributed by atoms with van der Waals surface area (Å²) in [5.41, 5.74) is 1.41. The van der Waals surface area contributed by atoms with Gasteiger partial charge in [0.2, 0.25) is 10.0 Å². The van der Waals surface area contributed by atoms with E-state index >= 15 is 0 Å². The molecule has 35 heavy (non-hydrogen) atoms. The number of anilines is 1. The number of benzene rings is 2. The normalized spacial score (nSPS) is 19.5. The summed E-state index contributed by atoms with van der Waals surface area (Å²) in [7, 11) is -1.67. The molecule has 0 radical (unpaired) electrons. The Morgan fingerprint density at radius 2 is 1.97 bits per heavy atom. The molecule has 0 spiro atoms. The number of likely N-dealkylation sites (N-methyl/N-ethyl adjacent to an activating group) is 1. The number of sulfonamides is 1. The highest BCUT2D eigenvalue weighted by Gasteiger charge is 2.34. The van der Waals surface area contributed by atoms with Gasteiger partial charge in [0.25, 0.3) is 5.91 Å². The van der Waals surface area contributed by atoms with Crippen molar-refractivity contribution >= 4 is 44.8 Å². The summed E-state index contributed by atoms with van der Waals surface area (Å²) < 4.78 is 32.8. The number of para-hydroxylation sites is 1. The molecule has 2 N–H and O–H groups in total. The van der Waals surface area contributed by atoms with Gasteiger partial charge >= 0.3 is 0 Å². The lowest BCUT2D eigenvalue weighted by Gasteiger charge is -2.38. The van der Waals surface area contributed by atoms with Crippen molar-refractivity contribution in [2.24, 2.45) is 5.92 Å². The Bertz CT molecular complexity index is 1180. The number of amides is 1. The molecule has 2 aromatic carbocycles. The second-order valence-corrected chi connectivity index (χ2v) is 11.7. The maximum Gasteiger partial charge on any atom is 0.258 e. The van der Waals surface area contributed by atoms with Gasteiger partial charge in [-0.05, 0) is 43.8 Å². The summed E-state index contributed by atoms with van der Waals surface area (Å²) in [6.07, 6.45) is 0.660. The third-order valence-corrected chi connectivity index (χ3v) is 7.24. The van der Waals surface area contributed by atoms with Gasteiger partial charge < -0.3 is 14.7 Å². The largest absolute Gasteiger partial charge is 0.486 e. The number of ether oxygens (including phenoxy) is 1. The molecule has 3 atom stereocenters. The maximum absolute atomic E-state index is 13.4. The lowest BCUT2D eigenvalue weighted by molar-refractivity contribution is 0.0344. The van der Waals surface area contributed by atoms with Crippen molar-refractivity contribution in [3.8, 4) is 5.75 Å². The molecule has 0 aromatic heterocycles. The van der Waals surface area contributed by atoms with Crippen LogP contribution in [-0.4, -0.2) is 74.4 Å². The minimum atomic E-state index is -3.61. The highest BCUT2D eigenvalue weighted by molar-refractivity contribution is 7.92. The van der Waals surface area contributed by atoms with Crippen molar-refractivity contribution in [3.05, 3.63) is 57.6 Å². The van der Waals surface area contributed by atoms with Gasteiger partial charge in [0.05, 0.1) is 40.2 Å². The Morgan fingerprint density at radius 3 is 2.60 bits per heavy atom. The number of halogens is 2. The number of carbonyl (C=O) groups excluding carboxylic acids is 1. The maximum atomic E-state index is 13.4. The lowest BCUT2D eigenvalue weighted by Crippen LogP contribution is -2.49. The molecular formula is C24H31Cl2N3O5S. The zero-order valence-electron chi connectivity index (χ0n) is 20.2. The highest BCUT2D eigenvalue weighted by atomic mass is 35.5. The number of nitrogens with one attached hydrogen (secondary N) is 1. The quantitative estimate of drug-likeness (QED) is 0.526. The summed E-state index contributed by atoms with van der Waals surface area (Å²) in [5, 5.41) is 10.7. The van der Waals surface area contributed by atoms with Crippen molar-refractivity contribution < 1.29 is 23.1 Å². The molecule has 0 saturated heterocycles. The van der Waals surface area contributed by atoms with Crippen molar-refractivity contribution in [3.63, 3.8) is 0 Å². The van der Waals surface area contributed by atoms with Gasteiger partial charge in [0.15, 0.2) is 5.75 Å². The molecule has 8 nitrogen and oxygen atoms in total. The van der Waals surface area contributed by atoms with Gasteiger partial charge in [-0.25, -0.2) is 8.42 Å². The van der Waals surface area contributed by atoms with Crippen LogP contribution in [0.1, 0.15) is 29.8 Å². The van der Waals surface area contributed by atoms with Gasteiger partial charge in [-0.2, -0.15) is 0 Å². The predicted octanol–water partition coefficient (Wildman–Crippen LogP) is 3.72. The zero-order valence-corrected chi connectivity index (χ0v) is 22.5. The SMILES string of the molecule is C[C@H](CO)N1C[C@H](C)[C@H](CN(C)Cc2ccc(Cl)c(Cl)c2)Oc2c(NS(C)(=O)=O)cccc2C1=O. The fraction of sp³-hybridized carbons (Fsp3) is 0.458. The van der Waals surface area contributed by atoms with Gasteiger partial charge in [0, 0.05) is 25.6 Å². The third kappa shape index (κ3) is 7.01. The molecule has 1 heterocycles. The molecule has 1 aliphatic heterocycles. The van der Waals surface area contributed by atoms with Crippen LogP contribution in [-0.2, 0) is 16.6 Å². The molecule has 0 aliphatic carbocycles. The zero-order chi connectivity index (χ0) is 25.9. The number of hydrogen-bond donors (Lipinski definition) is 2. The monoisotopic (exact) mass is 543 g/mol. The van der Waals surface area contributed by atoms with Crippen molar-refractivity contribution in [2.45, 2.75) is 32.5 Å². The Hall–Kier alpha value is -2.04. The fourth-order valence-electron chi connectivity index (χ4n) is 4.06. The average molecular weight is 545 g/mol. The first-order valence-electron chi connectivity index (χ1n) is 11.2. The fourth-order valence-corrected chi connectivity index (χ4v) is 4.94. The van der Waals surface area contributed by atoms with E-state index in [1.165, 1.54) is 0 Å². The Balaban J connectivity index is 1.96. The van der Waals surface area contributed by atoms with Gasteiger partial charge in [0.1, 0.15) is 6.10 Å². The first-order valence-corrected chi connectivity index (χ1v) is 13.9. The van der Waals surface area contributed by atoms with Crippen molar-refractivity contribution in [2.75, 3.05) is 37.7 Å². The van der Waals surface area contributed by atoms with Crippen LogP contribution >= 0.6 is 23.2 Å². The van der Waals surface area contributed by atoms with Crippen LogP contribution in [0, 0.1) is 5.92 Å². The Kier molecular flexibility index (Phi) is 8.93. The lowest BCUT2D eigenvalue weighted by atomic mass is 9.99. The molecule has 0 saturated carbocycles. The smallest absolute Gasteiger partial charge is 0.258 e. The molecular weight excluding hydrogens is 513 g/mol. The minimum absolute atomic E-state index is 0.122. The van der Waals surface area contributed by atoms with Gasteiger partial charge in [-0.1, -0.05) is 42.3 Å². The third-order valence-electron chi connectivity index (χ3n) is 5.91. The van der Waals surface area contributed by atoms with E-state index in [1.54, 1.807) is 36.1 Å². The number of aliphatic hydroxyl groups excluding tert-OH is 1. The van der Waals surface area contributed by atoms with E-state index in [4.69, 9.17) is 27.9 Å². The molecule has 1 aliphatic rings. The molecule has 3 rings (SSSR count). The van der Waals surface area contributed by atoms with E-state index in [-0.39, 0.29) is 41.5 Å². The first-order chi connectivity index (χ1) is 16.4. The van der Waals surface area contributed by atoms with Crippen LogP contribution in [0.25, 0.3) is 0 Å². The van der Waals surface area contributed by atoms with E-state index in [1.807, 2.05) is 26.1 Å². The second kappa shape index (κ2) is 11.3. The Morgan fingerprint density at radius 1 is 1.26 bits per heavy atom. The van der Waals surface area contributed by atoms with E-state index < -0.39 is 16.1 Å². The summed E-state index contributed by atoms with van der Waals surface area (Å²) >= 11 is 12.2. The summed E-state index contributed by atoms with van der Waals surface area (Å²) in [6.45, 7) is 4.99. The van der Waals surface area contributed by atoms with E-state index in [9.17, 15) is 18.3 Å². The predicted molar refractivity (Wildman–Crippen MR) is 139 cm³/mol. The number of rotatable bonds is 8. The van der Waals surface area contributed by atoms with Crippen LogP contribution in [0.3, 0.4) is 0 Å². The number of aliphatic hydroxyl groups is 1. The van der Waals surface area contributed by atoms with E-state index in [0.29, 0.717) is 29.7 Å². The molecule has 11 heteroatoms. The molecule has 2 aromatic rings. The molecule has 0 unspecified atom stereocenters. The molecule has 0 fully saturated rings. The van der Waals surface area contributed by atoms with Crippen LogP contribution in [0.4, 0.5) is 5.69 Å². The summed E-state index contributed by atoms with van der Waals surface area (Å²) in [5.74, 6) is -0.269. The number of nitrogens with zero attached hydrogens (tertiary/aromatic N) is 2. The Labute approximate surface area is 216 Å². The van der Waals surface area contributed by atoms with Crippen LogP contribution < -0.4 is 9.46 Å². The number of fused-ring (bicyclic) bond motifs is 1. The molecule has 1 amide bonds. The van der Waals surface area contributed by atoms with E-state index in [2.05, 4.69) is 9.62 Å². The first kappa shape index (κ1) is 27.5.